The summed E-state index contributed by atoms with van der Waals surface area (Å²) in [7, 11) is 1.78. The van der Waals surface area contributed by atoms with E-state index in [4.69, 9.17) is 9.84 Å². The quantitative estimate of drug-likeness (QED) is 0.758. The Balaban J connectivity index is 2.03. The number of anilines is 1. The third-order valence-electron chi connectivity index (χ3n) is 3.07. The molecule has 0 spiro atoms. The van der Waals surface area contributed by atoms with Crippen molar-refractivity contribution in [3.63, 3.8) is 0 Å². The lowest BCUT2D eigenvalue weighted by atomic mass is 10.1. The average molecular weight is 301 g/mol. The zero-order valence-electron chi connectivity index (χ0n) is 11.5. The number of benzene rings is 1. The number of hydrogen-bond acceptors (Lipinski definition) is 6. The number of rotatable bonds is 5. The summed E-state index contributed by atoms with van der Waals surface area (Å²) in [6, 6.07) is 9.60. The SMILES string of the molecule is CNc1nc(Oc2ccccc2CCO)c2ccsc2n1. The fraction of sp³-hybridized carbons (Fsp3) is 0.200. The van der Waals surface area contributed by atoms with Gasteiger partial charge in [-0.15, -0.1) is 11.3 Å². The molecule has 0 saturated carbocycles. The molecule has 0 amide bonds. The lowest BCUT2D eigenvalue weighted by Crippen LogP contribution is -2.00. The molecule has 0 radical (unpaired) electrons. The number of para-hydroxylation sites is 1. The highest BCUT2D eigenvalue weighted by molar-refractivity contribution is 7.16. The van der Waals surface area contributed by atoms with Gasteiger partial charge < -0.3 is 15.2 Å². The highest BCUT2D eigenvalue weighted by Crippen LogP contribution is 2.32. The smallest absolute Gasteiger partial charge is 0.232 e. The van der Waals surface area contributed by atoms with Crippen LogP contribution in [0.5, 0.6) is 11.6 Å². The number of hydrogen-bond donors (Lipinski definition) is 2. The minimum Gasteiger partial charge on any atom is -0.438 e. The van der Waals surface area contributed by atoms with E-state index in [1.54, 1.807) is 18.4 Å². The lowest BCUT2D eigenvalue weighted by Gasteiger charge is -2.11. The normalized spacial score (nSPS) is 10.8. The topological polar surface area (TPSA) is 67.3 Å². The maximum absolute atomic E-state index is 9.14. The first kappa shape index (κ1) is 13.8. The number of nitrogens with one attached hydrogen (secondary N) is 1. The van der Waals surface area contributed by atoms with Crippen LogP contribution in [0, 0.1) is 0 Å². The lowest BCUT2D eigenvalue weighted by molar-refractivity contribution is 0.297. The fourth-order valence-corrected chi connectivity index (χ4v) is 2.81. The van der Waals surface area contributed by atoms with Crippen LogP contribution in [0.15, 0.2) is 35.7 Å². The molecule has 0 saturated heterocycles. The molecule has 3 aromatic rings. The van der Waals surface area contributed by atoms with E-state index < -0.39 is 0 Å². The van der Waals surface area contributed by atoms with Crippen molar-refractivity contribution in [2.45, 2.75) is 6.42 Å². The van der Waals surface area contributed by atoms with Crippen LogP contribution in [-0.4, -0.2) is 28.7 Å². The van der Waals surface area contributed by atoms with Crippen molar-refractivity contribution in [2.75, 3.05) is 19.0 Å². The van der Waals surface area contributed by atoms with Crippen LogP contribution in [0.2, 0.25) is 0 Å². The van der Waals surface area contributed by atoms with Crippen molar-refractivity contribution in [3.05, 3.63) is 41.3 Å². The molecule has 6 heteroatoms. The number of thiophene rings is 1. The minimum absolute atomic E-state index is 0.0831. The Morgan fingerprint density at radius 3 is 2.90 bits per heavy atom. The van der Waals surface area contributed by atoms with Crippen molar-refractivity contribution in [3.8, 4) is 11.6 Å². The zero-order chi connectivity index (χ0) is 14.7. The molecule has 108 valence electrons. The van der Waals surface area contributed by atoms with Crippen LogP contribution in [-0.2, 0) is 6.42 Å². The number of fused-ring (bicyclic) bond motifs is 1. The predicted molar refractivity (Wildman–Crippen MR) is 84.3 cm³/mol. The van der Waals surface area contributed by atoms with Gasteiger partial charge in [-0.1, -0.05) is 18.2 Å². The van der Waals surface area contributed by atoms with E-state index in [1.807, 2.05) is 35.7 Å². The number of aliphatic hydroxyl groups excluding tert-OH is 1. The molecule has 0 aliphatic carbocycles. The molecule has 2 N–H and O–H groups in total. The van der Waals surface area contributed by atoms with Crippen molar-refractivity contribution in [1.82, 2.24) is 9.97 Å². The summed E-state index contributed by atoms with van der Waals surface area (Å²) < 4.78 is 5.98. The first-order chi connectivity index (χ1) is 10.3. The molecule has 21 heavy (non-hydrogen) atoms. The Kier molecular flexibility index (Phi) is 3.98. The van der Waals surface area contributed by atoms with E-state index in [2.05, 4.69) is 15.3 Å². The van der Waals surface area contributed by atoms with Crippen molar-refractivity contribution in [1.29, 1.82) is 0 Å². The summed E-state index contributed by atoms with van der Waals surface area (Å²) in [5, 5.41) is 14.9. The molecule has 3 rings (SSSR count). The molecule has 2 aromatic heterocycles. The van der Waals surface area contributed by atoms with Gasteiger partial charge in [0.25, 0.3) is 0 Å². The van der Waals surface area contributed by atoms with Crippen LogP contribution >= 0.6 is 11.3 Å². The van der Waals surface area contributed by atoms with Crippen molar-refractivity contribution >= 4 is 27.5 Å². The maximum atomic E-state index is 9.14. The van der Waals surface area contributed by atoms with Gasteiger partial charge in [0.05, 0.1) is 5.39 Å². The molecule has 0 unspecified atom stereocenters. The number of nitrogens with zero attached hydrogens (tertiary/aromatic N) is 2. The summed E-state index contributed by atoms with van der Waals surface area (Å²) in [6.07, 6.45) is 0.549. The van der Waals surface area contributed by atoms with Gasteiger partial charge in [0.1, 0.15) is 10.6 Å². The van der Waals surface area contributed by atoms with E-state index >= 15 is 0 Å². The van der Waals surface area contributed by atoms with Crippen LogP contribution in [0.3, 0.4) is 0 Å². The molecule has 1 aromatic carbocycles. The molecule has 0 fully saturated rings. The second kappa shape index (κ2) is 6.07. The van der Waals surface area contributed by atoms with Crippen molar-refractivity contribution < 1.29 is 9.84 Å². The van der Waals surface area contributed by atoms with Crippen LogP contribution < -0.4 is 10.1 Å². The Morgan fingerprint density at radius 1 is 1.24 bits per heavy atom. The van der Waals surface area contributed by atoms with Gasteiger partial charge >= 0.3 is 0 Å². The van der Waals surface area contributed by atoms with E-state index in [0.717, 1.165) is 15.8 Å². The monoisotopic (exact) mass is 301 g/mol. The van der Waals surface area contributed by atoms with E-state index in [1.165, 1.54) is 0 Å². The Morgan fingerprint density at radius 2 is 2.10 bits per heavy atom. The third-order valence-corrected chi connectivity index (χ3v) is 3.88. The van der Waals surface area contributed by atoms with Gasteiger partial charge in [0.15, 0.2) is 0 Å². The van der Waals surface area contributed by atoms with Gasteiger partial charge in [-0.05, 0) is 29.5 Å². The van der Waals surface area contributed by atoms with Gasteiger partial charge in [-0.3, -0.25) is 0 Å². The largest absolute Gasteiger partial charge is 0.438 e. The molecule has 5 nitrogen and oxygen atoms in total. The second-order valence-electron chi connectivity index (χ2n) is 4.43. The molecular weight excluding hydrogens is 286 g/mol. The maximum Gasteiger partial charge on any atom is 0.232 e. The molecule has 0 bridgehead atoms. The number of ether oxygens (including phenoxy) is 1. The van der Waals surface area contributed by atoms with Gasteiger partial charge in [0, 0.05) is 13.7 Å². The molecule has 2 heterocycles. The standard InChI is InChI=1S/C15H15N3O2S/c1-16-15-17-13(11-7-9-21-14(11)18-15)20-12-5-3-2-4-10(12)6-8-19/h2-5,7,9,19H,6,8H2,1H3,(H,16,17,18). The Labute approximate surface area is 126 Å². The highest BCUT2D eigenvalue weighted by Gasteiger charge is 2.12. The second-order valence-corrected chi connectivity index (χ2v) is 5.32. The Bertz CT molecular complexity index is 758. The molecular formula is C15H15N3O2S. The summed E-state index contributed by atoms with van der Waals surface area (Å²) in [5.41, 5.74) is 0.952. The predicted octanol–water partition coefficient (Wildman–Crippen LogP) is 3.06. The van der Waals surface area contributed by atoms with Crippen molar-refractivity contribution in [2.24, 2.45) is 0 Å². The van der Waals surface area contributed by atoms with E-state index in [0.29, 0.717) is 24.0 Å². The highest BCUT2D eigenvalue weighted by atomic mass is 32.1. The van der Waals surface area contributed by atoms with Crippen LogP contribution in [0.25, 0.3) is 10.2 Å². The summed E-state index contributed by atoms with van der Waals surface area (Å²) >= 11 is 1.54. The summed E-state index contributed by atoms with van der Waals surface area (Å²) in [4.78, 5) is 9.66. The summed E-state index contributed by atoms with van der Waals surface area (Å²) in [6.45, 7) is 0.0831. The number of aromatic nitrogens is 2. The summed E-state index contributed by atoms with van der Waals surface area (Å²) in [5.74, 6) is 1.76. The van der Waals surface area contributed by atoms with E-state index in [9.17, 15) is 0 Å². The first-order valence-electron chi connectivity index (χ1n) is 6.61. The average Bonchev–Trinajstić information content (AvgIpc) is 2.98. The third kappa shape index (κ3) is 2.81. The van der Waals surface area contributed by atoms with Gasteiger partial charge in [-0.2, -0.15) is 4.98 Å². The Hall–Kier alpha value is -2.18. The number of aliphatic hydroxyl groups is 1. The molecule has 0 atom stereocenters. The fourth-order valence-electron chi connectivity index (χ4n) is 2.05. The molecule has 0 aliphatic heterocycles. The molecule has 0 aliphatic rings. The van der Waals surface area contributed by atoms with Gasteiger partial charge in [-0.25, -0.2) is 4.98 Å². The zero-order valence-corrected chi connectivity index (χ0v) is 12.4. The minimum atomic E-state index is 0.0831. The van der Waals surface area contributed by atoms with Crippen LogP contribution in [0.1, 0.15) is 5.56 Å². The van der Waals surface area contributed by atoms with Gasteiger partial charge in [0.2, 0.25) is 11.8 Å². The van der Waals surface area contributed by atoms with Crippen LogP contribution in [0.4, 0.5) is 5.95 Å². The first-order valence-corrected chi connectivity index (χ1v) is 7.49. The van der Waals surface area contributed by atoms with E-state index in [-0.39, 0.29) is 6.61 Å².